The Balaban J connectivity index is 1.78. The van der Waals surface area contributed by atoms with E-state index >= 15 is 0 Å². The van der Waals surface area contributed by atoms with Gasteiger partial charge in [-0.2, -0.15) is 5.10 Å². The molecule has 1 aromatic rings. The van der Waals surface area contributed by atoms with Gasteiger partial charge in [-0.1, -0.05) is 0 Å². The van der Waals surface area contributed by atoms with Crippen LogP contribution in [0.4, 0.5) is 4.79 Å². The zero-order valence-electron chi connectivity index (χ0n) is 13.0. The van der Waals surface area contributed by atoms with Gasteiger partial charge in [-0.15, -0.1) is 0 Å². The van der Waals surface area contributed by atoms with Crippen LogP contribution in [0.1, 0.15) is 35.9 Å². The molecule has 0 aliphatic heterocycles. The summed E-state index contributed by atoms with van der Waals surface area (Å²) >= 11 is 0. The summed E-state index contributed by atoms with van der Waals surface area (Å²) in [5, 5.41) is 20.0. The van der Waals surface area contributed by atoms with E-state index in [1.54, 1.807) is 11.8 Å². The van der Waals surface area contributed by atoms with Gasteiger partial charge in [-0.3, -0.25) is 4.68 Å². The zero-order valence-corrected chi connectivity index (χ0v) is 13.0. The van der Waals surface area contributed by atoms with Crippen molar-refractivity contribution in [1.82, 2.24) is 20.4 Å². The van der Waals surface area contributed by atoms with Crippen molar-refractivity contribution < 1.29 is 14.6 Å². The van der Waals surface area contributed by atoms with Crippen molar-refractivity contribution in [1.29, 1.82) is 0 Å². The van der Waals surface area contributed by atoms with E-state index in [2.05, 4.69) is 15.7 Å². The van der Waals surface area contributed by atoms with Crippen molar-refractivity contribution in [2.45, 2.75) is 44.9 Å². The highest BCUT2D eigenvalue weighted by atomic mass is 16.5. The number of nitrogens with one attached hydrogen (secondary N) is 2. The molecule has 21 heavy (non-hydrogen) atoms. The molecule has 0 radical (unpaired) electrons. The molecule has 7 nitrogen and oxygen atoms in total. The van der Waals surface area contributed by atoms with Crippen molar-refractivity contribution in [2.24, 2.45) is 7.05 Å². The predicted octanol–water partition coefficient (Wildman–Crippen LogP) is 0.547. The molecule has 1 saturated carbocycles. The predicted molar refractivity (Wildman–Crippen MR) is 78.0 cm³/mol. The summed E-state index contributed by atoms with van der Waals surface area (Å²) in [5.74, 6) is 0. The number of rotatable bonds is 5. The molecule has 1 fully saturated rings. The molecule has 118 valence electrons. The molecule has 0 saturated heterocycles. The molecule has 1 aliphatic rings. The Bertz CT molecular complexity index is 509. The first-order valence-corrected chi connectivity index (χ1v) is 7.17. The fourth-order valence-electron chi connectivity index (χ4n) is 2.68. The van der Waals surface area contributed by atoms with Crippen molar-refractivity contribution in [3.63, 3.8) is 0 Å². The third-order valence-electron chi connectivity index (χ3n) is 4.12. The lowest BCUT2D eigenvalue weighted by molar-refractivity contribution is 0.0204. The second kappa shape index (κ2) is 6.44. The molecule has 2 amide bonds. The van der Waals surface area contributed by atoms with Gasteiger partial charge in [0.05, 0.1) is 17.9 Å². The smallest absolute Gasteiger partial charge is 0.315 e. The number of aliphatic hydroxyl groups excluding tert-OH is 1. The number of methoxy groups -OCH3 is 1. The number of ether oxygens (including phenoxy) is 1. The van der Waals surface area contributed by atoms with Gasteiger partial charge in [0.2, 0.25) is 0 Å². The molecule has 3 N–H and O–H groups in total. The van der Waals surface area contributed by atoms with E-state index in [0.29, 0.717) is 0 Å². The lowest BCUT2D eigenvalue weighted by Gasteiger charge is -2.34. The van der Waals surface area contributed by atoms with E-state index in [1.165, 1.54) is 0 Å². The van der Waals surface area contributed by atoms with E-state index < -0.39 is 6.10 Å². The van der Waals surface area contributed by atoms with Crippen LogP contribution in [0.15, 0.2) is 0 Å². The van der Waals surface area contributed by atoms with Gasteiger partial charge in [-0.25, -0.2) is 4.79 Å². The molecular formula is C14H24N4O3. The Kier molecular flexibility index (Phi) is 4.84. The van der Waals surface area contributed by atoms with Crippen molar-refractivity contribution in [3.05, 3.63) is 17.0 Å². The zero-order chi connectivity index (χ0) is 15.6. The number of hydrogen-bond acceptors (Lipinski definition) is 4. The van der Waals surface area contributed by atoms with Gasteiger partial charge in [-0.05, 0) is 26.7 Å². The lowest BCUT2D eigenvalue weighted by Crippen LogP contribution is -2.51. The average Bonchev–Trinajstić information content (AvgIpc) is 2.64. The van der Waals surface area contributed by atoms with Crippen LogP contribution in [0.5, 0.6) is 0 Å². The number of hydrogen-bond donors (Lipinski definition) is 3. The first-order valence-electron chi connectivity index (χ1n) is 7.17. The van der Waals surface area contributed by atoms with Gasteiger partial charge in [0.25, 0.3) is 0 Å². The number of amides is 2. The Hall–Kier alpha value is -1.60. The number of aliphatic hydroxyl groups is 1. The minimum Gasteiger partial charge on any atom is -0.386 e. The maximum absolute atomic E-state index is 11.8. The van der Waals surface area contributed by atoms with Crippen LogP contribution in [0.3, 0.4) is 0 Å². The molecule has 1 aromatic heterocycles. The minimum atomic E-state index is -0.752. The number of carbonyl (C=O) groups excluding carboxylic acids is 1. The molecule has 1 heterocycles. The summed E-state index contributed by atoms with van der Waals surface area (Å²) in [5.41, 5.74) is 2.47. The molecule has 0 aromatic carbocycles. The summed E-state index contributed by atoms with van der Waals surface area (Å²) < 4.78 is 6.89. The first-order chi connectivity index (χ1) is 9.92. The molecule has 0 bridgehead atoms. The Morgan fingerprint density at radius 2 is 2.19 bits per heavy atom. The Morgan fingerprint density at radius 1 is 1.52 bits per heavy atom. The van der Waals surface area contributed by atoms with Crippen LogP contribution in [-0.2, 0) is 11.8 Å². The number of aromatic nitrogens is 2. The van der Waals surface area contributed by atoms with E-state index in [0.717, 1.165) is 29.8 Å². The summed E-state index contributed by atoms with van der Waals surface area (Å²) in [6.45, 7) is 3.92. The third kappa shape index (κ3) is 3.54. The fourth-order valence-corrected chi connectivity index (χ4v) is 2.68. The van der Waals surface area contributed by atoms with Crippen molar-refractivity contribution in [3.8, 4) is 0 Å². The Labute approximate surface area is 124 Å². The van der Waals surface area contributed by atoms with E-state index in [1.807, 2.05) is 20.9 Å². The van der Waals surface area contributed by atoms with Crippen LogP contribution >= 0.6 is 0 Å². The second-order valence-electron chi connectivity index (χ2n) is 5.60. The number of nitrogens with zero attached hydrogens (tertiary/aromatic N) is 2. The highest BCUT2D eigenvalue weighted by molar-refractivity contribution is 5.74. The topological polar surface area (TPSA) is 88.4 Å². The number of carbonyl (C=O) groups is 1. The second-order valence-corrected chi connectivity index (χ2v) is 5.60. The number of urea groups is 1. The highest BCUT2D eigenvalue weighted by Crippen LogP contribution is 2.22. The Morgan fingerprint density at radius 3 is 2.71 bits per heavy atom. The van der Waals surface area contributed by atoms with Gasteiger partial charge in [0, 0.05) is 38.0 Å². The molecule has 7 heteroatoms. The maximum atomic E-state index is 11.8. The summed E-state index contributed by atoms with van der Waals surface area (Å²) in [6, 6.07) is -0.0956. The SMILES string of the molecule is COC1CC(NC(=O)NCC(O)c2c(C)nn(C)c2C)C1. The summed E-state index contributed by atoms with van der Waals surface area (Å²) in [6.07, 6.45) is 1.18. The van der Waals surface area contributed by atoms with Gasteiger partial charge >= 0.3 is 6.03 Å². The quantitative estimate of drug-likeness (QED) is 0.740. The van der Waals surface area contributed by atoms with Gasteiger partial charge < -0.3 is 20.5 Å². The van der Waals surface area contributed by atoms with Gasteiger partial charge in [0.1, 0.15) is 0 Å². The van der Waals surface area contributed by atoms with Crippen molar-refractivity contribution in [2.75, 3.05) is 13.7 Å². The fraction of sp³-hybridized carbons (Fsp3) is 0.714. The van der Waals surface area contributed by atoms with Crippen molar-refractivity contribution >= 4 is 6.03 Å². The third-order valence-corrected chi connectivity index (χ3v) is 4.12. The van der Waals surface area contributed by atoms with Crippen LogP contribution in [-0.4, -0.2) is 46.7 Å². The maximum Gasteiger partial charge on any atom is 0.315 e. The van der Waals surface area contributed by atoms with E-state index in [4.69, 9.17) is 4.74 Å². The van der Waals surface area contributed by atoms with E-state index in [-0.39, 0.29) is 24.7 Å². The van der Waals surface area contributed by atoms with Crippen LogP contribution in [0, 0.1) is 13.8 Å². The lowest BCUT2D eigenvalue weighted by atomic mass is 9.89. The number of aryl methyl sites for hydroxylation is 2. The highest BCUT2D eigenvalue weighted by Gasteiger charge is 2.30. The molecule has 0 spiro atoms. The normalized spacial score (nSPS) is 22.5. The first kappa shape index (κ1) is 15.8. The molecule has 2 rings (SSSR count). The van der Waals surface area contributed by atoms with Crippen LogP contribution < -0.4 is 10.6 Å². The standard InChI is InChI=1S/C14H24N4O3/c1-8-13(9(2)18(3)17-8)12(19)7-15-14(20)16-10-5-11(6-10)21-4/h10-12,19H,5-7H2,1-4H3,(H2,15,16,20). The van der Waals surface area contributed by atoms with Gasteiger partial charge in [0.15, 0.2) is 0 Å². The van der Waals surface area contributed by atoms with Crippen LogP contribution in [0.2, 0.25) is 0 Å². The molecule has 1 unspecified atom stereocenters. The van der Waals surface area contributed by atoms with E-state index in [9.17, 15) is 9.90 Å². The van der Waals surface area contributed by atoms with Crippen LogP contribution in [0.25, 0.3) is 0 Å². The monoisotopic (exact) mass is 296 g/mol. The molecule has 1 aliphatic carbocycles. The average molecular weight is 296 g/mol. The largest absolute Gasteiger partial charge is 0.386 e. The summed E-state index contributed by atoms with van der Waals surface area (Å²) in [7, 11) is 3.51. The summed E-state index contributed by atoms with van der Waals surface area (Å²) in [4.78, 5) is 11.8. The molecule has 1 atom stereocenters. The molecular weight excluding hydrogens is 272 g/mol. The minimum absolute atomic E-state index is 0.161.